The summed E-state index contributed by atoms with van der Waals surface area (Å²) in [6.45, 7) is 25.2. The molecule has 0 fully saturated rings. The second-order valence-corrected chi connectivity index (χ2v) is 28.8. The Hall–Kier alpha value is -0.572. The van der Waals surface area contributed by atoms with Crippen molar-refractivity contribution in [1.29, 1.82) is 0 Å². The van der Waals surface area contributed by atoms with E-state index in [1.807, 2.05) is 20.8 Å². The third-order valence-electron chi connectivity index (χ3n) is 3.68. The predicted molar refractivity (Wildman–Crippen MR) is 135 cm³/mol. The van der Waals surface area contributed by atoms with E-state index in [4.69, 9.17) is 22.2 Å². The minimum absolute atomic E-state index is 0.343. The summed E-state index contributed by atoms with van der Waals surface area (Å²) in [7, 11) is -9.04. The molecule has 0 heterocycles. The molecule has 0 aromatic carbocycles. The van der Waals surface area contributed by atoms with E-state index in [0.717, 1.165) is 12.2 Å². The molecule has 11 heteroatoms. The van der Waals surface area contributed by atoms with Gasteiger partial charge in [-0.2, -0.15) is 0 Å². The lowest BCUT2D eigenvalue weighted by Gasteiger charge is -2.43. The fourth-order valence-electron chi connectivity index (χ4n) is 2.91. The van der Waals surface area contributed by atoms with Gasteiger partial charge in [0.1, 0.15) is 6.10 Å². The zero-order valence-electron chi connectivity index (χ0n) is 21.5. The van der Waals surface area contributed by atoms with Crippen LogP contribution in [-0.4, -0.2) is 56.9 Å². The molecule has 182 valence electrons. The maximum Gasteiger partial charge on any atom is 0.469 e. The smallest absolute Gasteiger partial charge is 0.469 e. The molecule has 0 bridgehead atoms. The van der Waals surface area contributed by atoms with Gasteiger partial charge in [0.15, 0.2) is 25.0 Å². The van der Waals surface area contributed by atoms with E-state index in [2.05, 4.69) is 58.9 Å². The van der Waals surface area contributed by atoms with E-state index in [-0.39, 0.29) is 5.41 Å². The van der Waals surface area contributed by atoms with Crippen molar-refractivity contribution in [3.05, 3.63) is 12.2 Å². The number of carbonyl (C=O) groups is 2. The van der Waals surface area contributed by atoms with Gasteiger partial charge in [-0.3, -0.25) is 0 Å². The summed E-state index contributed by atoms with van der Waals surface area (Å²) in [4.78, 5) is 22.9. The number of esters is 1. The first-order chi connectivity index (χ1) is 13.5. The van der Waals surface area contributed by atoms with Crippen LogP contribution >= 0.6 is 0 Å². The molecule has 0 aromatic rings. The van der Waals surface area contributed by atoms with Gasteiger partial charge in [0, 0.05) is 18.2 Å². The number of hydrogen-bond acceptors (Lipinski definition) is 6. The van der Waals surface area contributed by atoms with Crippen LogP contribution in [0.25, 0.3) is 0 Å². The van der Waals surface area contributed by atoms with Crippen molar-refractivity contribution >= 4 is 45.7 Å². The van der Waals surface area contributed by atoms with Gasteiger partial charge in [-0.15, -0.1) is 0 Å². The van der Waals surface area contributed by atoms with Crippen molar-refractivity contribution in [2.75, 3.05) is 0 Å². The van der Waals surface area contributed by atoms with E-state index >= 15 is 0 Å². The van der Waals surface area contributed by atoms with Gasteiger partial charge in [0.2, 0.25) is 0 Å². The number of carboxylic acids is 1. The highest BCUT2D eigenvalue weighted by Crippen LogP contribution is 2.34. The third kappa shape index (κ3) is 15.0. The molecule has 0 rings (SSSR count). The second-order valence-electron chi connectivity index (χ2n) is 11.8. The number of carboxylic acid groups (broad SMARTS) is 1. The van der Waals surface area contributed by atoms with Gasteiger partial charge in [-0.25, -0.2) is 9.59 Å². The van der Waals surface area contributed by atoms with Crippen molar-refractivity contribution in [3.8, 4) is 0 Å². The highest BCUT2D eigenvalue weighted by Gasteiger charge is 2.50. The average Bonchev–Trinajstić information content (AvgIpc) is 2.42. The standard InChI is InChI=1S/C20H44O7Si4/c1-20(2,3)17(24-19(23)14-13-18(21)22)15-16-31(25-28(4,5)6,26-29(7,8)9)27-30(10,11)12/h13-14,17H,15-16H2,1-12H3,(H,21,22)/b14-13+. The van der Waals surface area contributed by atoms with E-state index in [9.17, 15) is 9.59 Å². The molecule has 7 nitrogen and oxygen atoms in total. The lowest BCUT2D eigenvalue weighted by molar-refractivity contribution is -0.149. The first-order valence-corrected chi connectivity index (χ1v) is 22.9. The van der Waals surface area contributed by atoms with Gasteiger partial charge >= 0.3 is 20.7 Å². The molecular weight excluding hydrogens is 465 g/mol. The predicted octanol–water partition coefficient (Wildman–Crippen LogP) is 5.47. The van der Waals surface area contributed by atoms with E-state index in [1.54, 1.807) is 0 Å². The van der Waals surface area contributed by atoms with Crippen LogP contribution in [0.5, 0.6) is 0 Å². The van der Waals surface area contributed by atoms with Crippen molar-refractivity contribution in [2.45, 2.75) is 98.3 Å². The summed E-state index contributed by atoms with van der Waals surface area (Å²) in [5.74, 6) is -1.86. The average molecular weight is 509 g/mol. The molecular formula is C20H44O7Si4. The molecule has 31 heavy (non-hydrogen) atoms. The molecule has 0 amide bonds. The highest BCUT2D eigenvalue weighted by molar-refractivity contribution is 6.90. The number of aliphatic carboxylic acids is 1. The maximum absolute atomic E-state index is 12.2. The summed E-state index contributed by atoms with van der Waals surface area (Å²) in [5, 5.41) is 8.76. The SMILES string of the molecule is CC(C)(C)C(CC[Si](O[Si](C)(C)C)(O[Si](C)(C)C)O[Si](C)(C)C)OC(=O)/C=C/C(=O)O. The third-order valence-corrected chi connectivity index (χ3v) is 15.7. The molecule has 1 atom stereocenters. The minimum atomic E-state index is -3.05. The Balaban J connectivity index is 5.93. The summed E-state index contributed by atoms with van der Waals surface area (Å²) in [6, 6.07) is 0.545. The maximum atomic E-state index is 12.2. The fourth-order valence-corrected chi connectivity index (χ4v) is 17.6. The molecule has 1 N–H and O–H groups in total. The van der Waals surface area contributed by atoms with Crippen LogP contribution < -0.4 is 0 Å². The molecule has 0 spiro atoms. The monoisotopic (exact) mass is 508 g/mol. The Morgan fingerprint density at radius 3 is 1.48 bits per heavy atom. The Morgan fingerprint density at radius 1 is 0.806 bits per heavy atom. The Kier molecular flexibility index (Phi) is 10.8. The Morgan fingerprint density at radius 2 is 1.19 bits per heavy atom. The molecule has 0 saturated heterocycles. The van der Waals surface area contributed by atoms with Gasteiger partial charge < -0.3 is 22.2 Å². The van der Waals surface area contributed by atoms with Crippen LogP contribution in [0.4, 0.5) is 0 Å². The quantitative estimate of drug-likeness (QED) is 0.212. The van der Waals surface area contributed by atoms with Crippen LogP contribution in [0.2, 0.25) is 65.0 Å². The Labute approximate surface area is 193 Å². The largest absolute Gasteiger partial charge is 0.478 e. The molecule has 1 unspecified atom stereocenters. The zero-order chi connectivity index (χ0) is 24.9. The van der Waals surface area contributed by atoms with Crippen LogP contribution in [-0.2, 0) is 26.7 Å². The van der Waals surface area contributed by atoms with Crippen LogP contribution in [0.1, 0.15) is 27.2 Å². The normalized spacial score (nSPS) is 15.2. The van der Waals surface area contributed by atoms with Crippen LogP contribution in [0.15, 0.2) is 12.2 Å². The van der Waals surface area contributed by atoms with Crippen molar-refractivity contribution in [2.24, 2.45) is 5.41 Å². The number of carbonyl (C=O) groups excluding carboxylic acids is 1. The molecule has 0 aliphatic heterocycles. The molecule has 0 aliphatic carbocycles. The number of hydrogen-bond donors (Lipinski definition) is 1. The highest BCUT2D eigenvalue weighted by atomic mass is 28.5. The first-order valence-electron chi connectivity index (χ1n) is 10.8. The number of ether oxygens (including phenoxy) is 1. The molecule has 0 radical (unpaired) electrons. The topological polar surface area (TPSA) is 91.3 Å². The van der Waals surface area contributed by atoms with Gasteiger partial charge in [-0.05, 0) is 70.8 Å². The minimum Gasteiger partial charge on any atom is -0.478 e. The Bertz CT molecular complexity index is 597. The van der Waals surface area contributed by atoms with Gasteiger partial charge in [0.05, 0.1) is 0 Å². The summed E-state index contributed by atoms with van der Waals surface area (Å²) in [5.41, 5.74) is -0.343. The zero-order valence-corrected chi connectivity index (χ0v) is 25.5. The second kappa shape index (κ2) is 11.0. The van der Waals surface area contributed by atoms with Crippen molar-refractivity contribution in [3.63, 3.8) is 0 Å². The van der Waals surface area contributed by atoms with Crippen molar-refractivity contribution < 1.29 is 31.8 Å². The van der Waals surface area contributed by atoms with Crippen molar-refractivity contribution in [1.82, 2.24) is 0 Å². The van der Waals surface area contributed by atoms with Gasteiger partial charge in [0.25, 0.3) is 0 Å². The lowest BCUT2D eigenvalue weighted by atomic mass is 9.87. The van der Waals surface area contributed by atoms with E-state index in [1.165, 1.54) is 0 Å². The molecule has 0 aliphatic rings. The van der Waals surface area contributed by atoms with Gasteiger partial charge in [-0.1, -0.05) is 20.8 Å². The number of rotatable bonds is 12. The fraction of sp³-hybridized carbons (Fsp3) is 0.800. The van der Waals surface area contributed by atoms with Crippen LogP contribution in [0, 0.1) is 5.41 Å². The van der Waals surface area contributed by atoms with E-state index in [0.29, 0.717) is 12.5 Å². The van der Waals surface area contributed by atoms with Crippen LogP contribution in [0.3, 0.4) is 0 Å². The summed E-state index contributed by atoms with van der Waals surface area (Å²) < 4.78 is 25.7. The van der Waals surface area contributed by atoms with E-state index < -0.39 is 51.8 Å². The first kappa shape index (κ1) is 30.4. The molecule has 0 aromatic heterocycles. The lowest BCUT2D eigenvalue weighted by Crippen LogP contribution is -2.60. The summed E-state index contributed by atoms with van der Waals surface area (Å²) >= 11 is 0. The molecule has 0 saturated carbocycles. The summed E-state index contributed by atoms with van der Waals surface area (Å²) in [6.07, 6.45) is 1.81.